The van der Waals surface area contributed by atoms with Gasteiger partial charge < -0.3 is 15.4 Å². The molecule has 0 bridgehead atoms. The number of amides is 3. The lowest BCUT2D eigenvalue weighted by molar-refractivity contribution is -0.137. The zero-order valence-corrected chi connectivity index (χ0v) is 17.8. The van der Waals surface area contributed by atoms with Crippen molar-refractivity contribution in [1.29, 1.82) is 0 Å². The summed E-state index contributed by atoms with van der Waals surface area (Å²) in [5.41, 5.74) is -2.07. The third-order valence-electron chi connectivity index (χ3n) is 6.22. The van der Waals surface area contributed by atoms with Crippen LogP contribution in [0.25, 0.3) is 0 Å². The number of imide groups is 1. The zero-order chi connectivity index (χ0) is 23.9. The van der Waals surface area contributed by atoms with Crippen LogP contribution in [0.3, 0.4) is 0 Å². The van der Waals surface area contributed by atoms with E-state index < -0.39 is 47.5 Å². The van der Waals surface area contributed by atoms with Crippen LogP contribution in [-0.4, -0.2) is 30.6 Å². The monoisotopic (exact) mass is 465 g/mol. The second-order valence-electron chi connectivity index (χ2n) is 8.52. The largest absolute Gasteiger partial charge is 0.416 e. The van der Waals surface area contributed by atoms with Crippen LogP contribution in [0.2, 0.25) is 0 Å². The number of alkyl halides is 4. The van der Waals surface area contributed by atoms with Crippen molar-refractivity contribution in [1.82, 2.24) is 16.0 Å². The Hall–Kier alpha value is -2.98. The van der Waals surface area contributed by atoms with E-state index in [4.69, 9.17) is 4.74 Å². The lowest BCUT2D eigenvalue weighted by Gasteiger charge is -2.32. The summed E-state index contributed by atoms with van der Waals surface area (Å²) in [6.07, 6.45) is -5.21. The van der Waals surface area contributed by atoms with E-state index in [1.165, 1.54) is 6.07 Å². The third kappa shape index (κ3) is 4.45. The average molecular weight is 465 g/mol. The van der Waals surface area contributed by atoms with Gasteiger partial charge in [0.15, 0.2) is 0 Å². The minimum Gasteiger partial charge on any atom is -0.372 e. The van der Waals surface area contributed by atoms with Gasteiger partial charge in [-0.15, -0.1) is 0 Å². The number of urea groups is 1. The van der Waals surface area contributed by atoms with Crippen LogP contribution in [0.4, 0.5) is 22.4 Å². The number of carbonyl (C=O) groups excluding carboxylic acids is 2. The molecule has 6 nitrogen and oxygen atoms in total. The smallest absolute Gasteiger partial charge is 0.372 e. The maximum Gasteiger partial charge on any atom is 0.416 e. The Morgan fingerprint density at radius 1 is 1.12 bits per heavy atom. The number of hydrogen-bond donors (Lipinski definition) is 3. The van der Waals surface area contributed by atoms with Crippen molar-refractivity contribution in [3.8, 4) is 0 Å². The molecule has 2 saturated heterocycles. The van der Waals surface area contributed by atoms with Crippen LogP contribution in [-0.2, 0) is 27.9 Å². The Morgan fingerprint density at radius 3 is 2.45 bits per heavy atom. The van der Waals surface area contributed by atoms with Gasteiger partial charge in [0, 0.05) is 13.0 Å². The van der Waals surface area contributed by atoms with E-state index in [1.807, 2.05) is 30.3 Å². The molecule has 2 aromatic rings. The topological polar surface area (TPSA) is 79.5 Å². The van der Waals surface area contributed by atoms with E-state index in [-0.39, 0.29) is 30.7 Å². The van der Waals surface area contributed by atoms with Crippen LogP contribution >= 0.6 is 0 Å². The molecule has 2 aromatic carbocycles. The van der Waals surface area contributed by atoms with Crippen molar-refractivity contribution < 1.29 is 31.9 Å². The van der Waals surface area contributed by atoms with E-state index in [2.05, 4.69) is 16.0 Å². The molecule has 4 rings (SSSR count). The van der Waals surface area contributed by atoms with Gasteiger partial charge in [0.25, 0.3) is 5.91 Å². The molecule has 3 N–H and O–H groups in total. The molecular formula is C23H23F4N3O3. The first-order valence-corrected chi connectivity index (χ1v) is 10.4. The van der Waals surface area contributed by atoms with Gasteiger partial charge in [-0.3, -0.25) is 10.1 Å². The summed E-state index contributed by atoms with van der Waals surface area (Å²) in [7, 11) is 0. The number of rotatable bonds is 6. The van der Waals surface area contributed by atoms with Crippen molar-refractivity contribution in [2.45, 2.75) is 43.4 Å². The fraction of sp³-hybridized carbons (Fsp3) is 0.391. The molecular weight excluding hydrogens is 442 g/mol. The summed E-state index contributed by atoms with van der Waals surface area (Å²) >= 11 is 0. The van der Waals surface area contributed by atoms with Gasteiger partial charge in [0.1, 0.15) is 12.2 Å². The van der Waals surface area contributed by atoms with E-state index >= 15 is 0 Å². The number of carbonyl (C=O) groups is 2. The van der Waals surface area contributed by atoms with Crippen molar-refractivity contribution >= 4 is 11.9 Å². The van der Waals surface area contributed by atoms with E-state index in [1.54, 1.807) is 6.92 Å². The Bertz CT molecular complexity index is 1060. The highest BCUT2D eigenvalue weighted by Crippen LogP contribution is 2.39. The van der Waals surface area contributed by atoms with Crippen molar-refractivity contribution in [3.05, 3.63) is 70.8 Å². The molecule has 3 amide bonds. The van der Waals surface area contributed by atoms with E-state index in [9.17, 15) is 27.2 Å². The lowest BCUT2D eigenvalue weighted by Crippen LogP contribution is -2.48. The molecule has 33 heavy (non-hydrogen) atoms. The summed E-state index contributed by atoms with van der Waals surface area (Å²) in [5.74, 6) is -0.448. The predicted molar refractivity (Wildman–Crippen MR) is 111 cm³/mol. The average Bonchev–Trinajstić information content (AvgIpc) is 3.30. The molecule has 2 aliphatic heterocycles. The van der Waals surface area contributed by atoms with Gasteiger partial charge in [-0.1, -0.05) is 36.4 Å². The molecule has 2 aliphatic rings. The Balaban J connectivity index is 1.60. The number of ether oxygens (including phenoxy) is 1. The summed E-state index contributed by atoms with van der Waals surface area (Å²) in [5, 5.41) is 8.22. The molecule has 2 heterocycles. The second-order valence-corrected chi connectivity index (χ2v) is 8.52. The third-order valence-corrected chi connectivity index (χ3v) is 6.22. The highest BCUT2D eigenvalue weighted by atomic mass is 19.4. The van der Waals surface area contributed by atoms with Crippen molar-refractivity contribution in [2.24, 2.45) is 0 Å². The molecule has 2 fully saturated rings. The second kappa shape index (κ2) is 8.42. The molecule has 176 valence electrons. The van der Waals surface area contributed by atoms with Gasteiger partial charge in [-0.05, 0) is 35.7 Å². The van der Waals surface area contributed by atoms with Gasteiger partial charge in [0.05, 0.1) is 23.8 Å². The minimum absolute atomic E-state index is 0.00425. The summed E-state index contributed by atoms with van der Waals surface area (Å²) in [6, 6.07) is 11.7. The first kappa shape index (κ1) is 23.2. The Morgan fingerprint density at radius 2 is 1.85 bits per heavy atom. The Kier molecular flexibility index (Phi) is 5.92. The number of hydrogen-bond acceptors (Lipinski definition) is 4. The number of nitrogens with one attached hydrogen (secondary N) is 3. The highest BCUT2D eigenvalue weighted by molar-refractivity contribution is 6.07. The fourth-order valence-corrected chi connectivity index (χ4v) is 4.44. The molecule has 10 heteroatoms. The number of halogens is 4. The molecule has 0 saturated carbocycles. The van der Waals surface area contributed by atoms with Crippen molar-refractivity contribution in [3.63, 3.8) is 0 Å². The van der Waals surface area contributed by atoms with Crippen LogP contribution in [0, 0.1) is 0 Å². The molecule has 0 aromatic heterocycles. The predicted octanol–water partition coefficient (Wildman–Crippen LogP) is 3.72. The van der Waals surface area contributed by atoms with Gasteiger partial charge in [0.2, 0.25) is 0 Å². The SMILES string of the molecule is CC(OC[C@@]1(c2ccccc2)CC2(CN1)NC(=O)NC2=O)c1cc(CF)cc(C(F)(F)F)c1. The molecule has 3 atom stereocenters. The van der Waals surface area contributed by atoms with Gasteiger partial charge in [-0.2, -0.15) is 13.2 Å². The summed E-state index contributed by atoms with van der Waals surface area (Å²) < 4.78 is 59.0. The number of benzene rings is 2. The lowest BCUT2D eigenvalue weighted by atomic mass is 9.83. The molecule has 0 radical (unpaired) electrons. The van der Waals surface area contributed by atoms with Crippen LogP contribution in [0.1, 0.15) is 41.7 Å². The zero-order valence-electron chi connectivity index (χ0n) is 17.8. The maximum absolute atomic E-state index is 13.3. The molecule has 2 unspecified atom stereocenters. The van der Waals surface area contributed by atoms with Gasteiger partial charge in [-0.25, -0.2) is 9.18 Å². The quantitative estimate of drug-likeness (QED) is 0.449. The van der Waals surface area contributed by atoms with Crippen LogP contribution in [0.15, 0.2) is 48.5 Å². The maximum atomic E-state index is 13.3. The summed E-state index contributed by atoms with van der Waals surface area (Å²) in [6.45, 7) is 0.721. The van der Waals surface area contributed by atoms with Crippen LogP contribution < -0.4 is 16.0 Å². The van der Waals surface area contributed by atoms with Crippen molar-refractivity contribution in [2.75, 3.05) is 13.2 Å². The van der Waals surface area contributed by atoms with Crippen LogP contribution in [0.5, 0.6) is 0 Å². The summed E-state index contributed by atoms with van der Waals surface area (Å²) in [4.78, 5) is 24.2. The molecule has 0 aliphatic carbocycles. The van der Waals surface area contributed by atoms with E-state index in [0.29, 0.717) is 0 Å². The molecule has 1 spiro atoms. The Labute approximate surface area is 187 Å². The minimum atomic E-state index is -4.61. The van der Waals surface area contributed by atoms with E-state index in [0.717, 1.165) is 17.7 Å². The standard InChI is InChI=1S/C23H23F4N3O3/c1-14(16-7-15(10-24)8-18(9-16)23(25,26)27)33-13-22(17-5-3-2-4-6-17)11-21(12-28-22)19(31)29-20(32)30-21/h2-9,14,28H,10-13H2,1H3,(H2,29,30,31,32)/t14?,21?,22-/m1/s1. The van der Waals surface area contributed by atoms with Gasteiger partial charge >= 0.3 is 12.2 Å². The fourth-order valence-electron chi connectivity index (χ4n) is 4.44. The first-order chi connectivity index (χ1) is 15.6. The normalized spacial score (nSPS) is 25.8. The first-order valence-electron chi connectivity index (χ1n) is 10.4. The highest BCUT2D eigenvalue weighted by Gasteiger charge is 2.57.